The molecule has 0 spiro atoms. The van der Waals surface area contributed by atoms with E-state index in [2.05, 4.69) is 30.6 Å². The molecule has 4 amide bonds. The molecule has 58 heavy (non-hydrogen) atoms. The molecule has 1 saturated heterocycles. The summed E-state index contributed by atoms with van der Waals surface area (Å²) in [6, 6.07) is 14.0. The van der Waals surface area contributed by atoms with Crippen molar-refractivity contribution in [3.8, 4) is 22.4 Å². The summed E-state index contributed by atoms with van der Waals surface area (Å²) in [5.74, 6) is 0.402. The molecule has 1 aliphatic rings. The van der Waals surface area contributed by atoms with Gasteiger partial charge in [0, 0.05) is 37.5 Å². The molecule has 0 unspecified atom stereocenters. The molecule has 5 rings (SSSR count). The first-order valence-electron chi connectivity index (χ1n) is 19.4. The van der Waals surface area contributed by atoms with Gasteiger partial charge in [0.15, 0.2) is 6.29 Å². The van der Waals surface area contributed by atoms with Gasteiger partial charge >= 0.3 is 12.2 Å². The molecule has 16 heteroatoms. The van der Waals surface area contributed by atoms with Crippen LogP contribution in [0.5, 0.6) is 0 Å². The number of imidazole rings is 2. The van der Waals surface area contributed by atoms with E-state index in [1.165, 1.54) is 14.2 Å². The van der Waals surface area contributed by atoms with Gasteiger partial charge in [-0.25, -0.2) is 19.6 Å². The minimum Gasteiger partial charge on any atom is -0.453 e. The van der Waals surface area contributed by atoms with E-state index in [9.17, 15) is 19.2 Å². The van der Waals surface area contributed by atoms with Crippen LogP contribution in [-0.4, -0.2) is 107 Å². The Morgan fingerprint density at radius 2 is 1.10 bits per heavy atom. The van der Waals surface area contributed by atoms with Gasteiger partial charge in [0.2, 0.25) is 11.8 Å². The zero-order chi connectivity index (χ0) is 42.3. The van der Waals surface area contributed by atoms with E-state index in [4.69, 9.17) is 18.9 Å². The molecule has 4 atom stereocenters. The molecule has 2 aromatic heterocycles. The van der Waals surface area contributed by atoms with Crippen molar-refractivity contribution in [2.75, 3.05) is 41.5 Å². The first-order chi connectivity index (χ1) is 27.6. The highest BCUT2D eigenvalue weighted by Gasteiger charge is 2.33. The van der Waals surface area contributed by atoms with Gasteiger partial charge in [-0.3, -0.25) is 9.59 Å². The van der Waals surface area contributed by atoms with Crippen molar-refractivity contribution in [3.63, 3.8) is 0 Å². The lowest BCUT2D eigenvalue weighted by atomic mass is 10.0. The number of benzene rings is 2. The van der Waals surface area contributed by atoms with E-state index in [0.717, 1.165) is 33.6 Å². The van der Waals surface area contributed by atoms with Crippen LogP contribution in [0.25, 0.3) is 22.4 Å². The topological polar surface area (TPSA) is 193 Å². The molecular formula is C42H56N8O8. The maximum Gasteiger partial charge on any atom is 0.407 e. The number of H-pyrrole nitrogens is 2. The van der Waals surface area contributed by atoms with E-state index in [1.54, 1.807) is 36.3 Å². The number of amides is 4. The Balaban J connectivity index is 1.15. The number of alkyl carbamates (subject to hydrolysis) is 2. The van der Waals surface area contributed by atoms with Gasteiger partial charge in [-0.2, -0.15) is 0 Å². The van der Waals surface area contributed by atoms with Crippen LogP contribution >= 0.6 is 0 Å². The highest BCUT2D eigenvalue weighted by molar-refractivity contribution is 5.86. The summed E-state index contributed by atoms with van der Waals surface area (Å²) in [5.41, 5.74) is 5.58. The lowest BCUT2D eigenvalue weighted by Gasteiger charge is -2.30. The molecule has 1 aliphatic heterocycles. The number of ether oxygens (including phenoxy) is 4. The van der Waals surface area contributed by atoms with Gasteiger partial charge in [0.05, 0.1) is 51.4 Å². The third-order valence-corrected chi connectivity index (χ3v) is 10.7. The van der Waals surface area contributed by atoms with Crippen LogP contribution in [0, 0.1) is 11.8 Å². The maximum atomic E-state index is 13.3. The second-order valence-corrected chi connectivity index (χ2v) is 15.3. The van der Waals surface area contributed by atoms with Gasteiger partial charge in [0.25, 0.3) is 0 Å². The number of carbonyl (C=O) groups excluding carboxylic acids is 4. The number of aromatic nitrogens is 4. The van der Waals surface area contributed by atoms with Crippen LogP contribution in [0.3, 0.4) is 0 Å². The molecule has 16 nitrogen and oxygen atoms in total. The Hall–Kier alpha value is -5.74. The van der Waals surface area contributed by atoms with E-state index >= 15 is 0 Å². The van der Waals surface area contributed by atoms with Crippen LogP contribution in [-0.2, 0) is 28.5 Å². The van der Waals surface area contributed by atoms with Crippen molar-refractivity contribution in [3.05, 3.63) is 83.8 Å². The third-order valence-electron chi connectivity index (χ3n) is 10.7. The number of hydrogen-bond donors (Lipinski definition) is 4. The van der Waals surface area contributed by atoms with Crippen molar-refractivity contribution in [2.45, 2.75) is 77.9 Å². The average molecular weight is 801 g/mol. The summed E-state index contributed by atoms with van der Waals surface area (Å²) in [6.45, 7) is 12.0. The fourth-order valence-electron chi connectivity index (χ4n) is 6.60. The van der Waals surface area contributed by atoms with Crippen LogP contribution < -0.4 is 10.6 Å². The van der Waals surface area contributed by atoms with Gasteiger partial charge in [0.1, 0.15) is 23.7 Å². The quantitative estimate of drug-likeness (QED) is 0.116. The summed E-state index contributed by atoms with van der Waals surface area (Å²) in [6.07, 6.45) is 1.67. The number of nitrogens with zero attached hydrogens (tertiary/aromatic N) is 4. The second kappa shape index (κ2) is 19.1. The first-order valence-corrected chi connectivity index (χ1v) is 19.4. The molecule has 312 valence electrons. The smallest absolute Gasteiger partial charge is 0.407 e. The Morgan fingerprint density at radius 3 is 1.57 bits per heavy atom. The SMILES string of the molecule is COC(=O)N[C@@H](C(=O)N(C)[C@@H](C)c1ncc(-c2ccc(-c3ccc(C4OCC(c5cnc([C@H](C)N(C)C(=O)[C@H](NC(=O)OC)C(C)C)[nH]5)CO4)cc3)cc2)[nH]1)C(C)C. The van der Waals surface area contributed by atoms with Crippen LogP contribution in [0.2, 0.25) is 0 Å². The minimum absolute atomic E-state index is 0.0713. The van der Waals surface area contributed by atoms with Crippen LogP contribution in [0.15, 0.2) is 60.9 Å². The summed E-state index contributed by atoms with van der Waals surface area (Å²) in [4.78, 5) is 69.1. The van der Waals surface area contributed by atoms with E-state index in [0.29, 0.717) is 24.9 Å². The fraction of sp³-hybridized carbons (Fsp3) is 0.476. The largest absolute Gasteiger partial charge is 0.453 e. The monoisotopic (exact) mass is 800 g/mol. The summed E-state index contributed by atoms with van der Waals surface area (Å²) < 4.78 is 21.7. The van der Waals surface area contributed by atoms with Crippen molar-refractivity contribution in [1.82, 2.24) is 40.4 Å². The highest BCUT2D eigenvalue weighted by Crippen LogP contribution is 2.32. The van der Waals surface area contributed by atoms with Crippen LogP contribution in [0.4, 0.5) is 9.59 Å². The maximum absolute atomic E-state index is 13.3. The van der Waals surface area contributed by atoms with Crippen molar-refractivity contribution in [1.29, 1.82) is 0 Å². The Morgan fingerprint density at radius 1 is 0.672 bits per heavy atom. The first kappa shape index (κ1) is 43.4. The van der Waals surface area contributed by atoms with Crippen LogP contribution in [0.1, 0.15) is 88.7 Å². The number of hydrogen-bond acceptors (Lipinski definition) is 10. The molecule has 0 bridgehead atoms. The molecule has 4 aromatic rings. The summed E-state index contributed by atoms with van der Waals surface area (Å²) in [7, 11) is 5.91. The van der Waals surface area contributed by atoms with Crippen molar-refractivity contribution < 1.29 is 38.1 Å². The number of nitrogens with one attached hydrogen (secondary N) is 4. The Labute approximate surface area is 339 Å². The van der Waals surface area contributed by atoms with Gasteiger partial charge in [-0.15, -0.1) is 0 Å². The Bertz CT molecular complexity index is 2000. The molecule has 4 N–H and O–H groups in total. The molecule has 0 aliphatic carbocycles. The molecule has 3 heterocycles. The van der Waals surface area contributed by atoms with Crippen molar-refractivity contribution in [2.24, 2.45) is 11.8 Å². The molecule has 0 saturated carbocycles. The van der Waals surface area contributed by atoms with E-state index in [-0.39, 0.29) is 41.7 Å². The number of methoxy groups -OCH3 is 2. The molecule has 0 radical (unpaired) electrons. The third kappa shape index (κ3) is 10.0. The van der Waals surface area contributed by atoms with Gasteiger partial charge < -0.3 is 49.3 Å². The number of aromatic amines is 2. The lowest BCUT2D eigenvalue weighted by molar-refractivity contribution is -0.192. The molecule has 1 fully saturated rings. The normalized spacial score (nSPS) is 17.5. The minimum atomic E-state index is -0.740. The zero-order valence-corrected chi connectivity index (χ0v) is 34.9. The van der Waals surface area contributed by atoms with E-state index in [1.807, 2.05) is 90.1 Å². The molecular weight excluding hydrogens is 745 g/mol. The van der Waals surface area contributed by atoms with Gasteiger partial charge in [-0.05, 0) is 42.4 Å². The summed E-state index contributed by atoms with van der Waals surface area (Å²) in [5, 5.41) is 5.26. The Kier molecular flexibility index (Phi) is 14.3. The molecule has 2 aromatic carbocycles. The van der Waals surface area contributed by atoms with E-state index < -0.39 is 30.6 Å². The van der Waals surface area contributed by atoms with Crippen molar-refractivity contribution >= 4 is 24.0 Å². The number of likely N-dealkylation sites (N-methyl/N-ethyl adjacent to an activating group) is 2. The predicted molar refractivity (Wildman–Crippen MR) is 216 cm³/mol. The predicted octanol–water partition coefficient (Wildman–Crippen LogP) is 6.10. The number of rotatable bonds is 14. The van der Waals surface area contributed by atoms with Gasteiger partial charge in [-0.1, -0.05) is 76.2 Å². The average Bonchev–Trinajstić information content (AvgIpc) is 3.94. The highest BCUT2D eigenvalue weighted by atomic mass is 16.7. The standard InChI is InChI=1S/C42H56N8O8/c1-23(2)34(47-41(53)55-9)38(51)49(7)25(5)36-43-19-32(45-36)29-15-11-27(12-16-29)28-13-17-30(18-14-28)40-57-21-31(22-58-40)33-20-44-37(46-33)26(6)50(8)39(52)35(24(3)4)48-42(54)56-10/h11-20,23-26,31,34-35,40H,21-22H2,1-10H3,(H,43,45)(H,44,46)(H,47,53)(H,48,54)/t25-,26-,31?,34+,35+,40?/m0/s1. The summed E-state index contributed by atoms with van der Waals surface area (Å²) >= 11 is 0. The zero-order valence-electron chi connectivity index (χ0n) is 34.9. The lowest BCUT2D eigenvalue weighted by Crippen LogP contribution is -2.50. The number of carbonyl (C=O) groups is 4. The fourth-order valence-corrected chi connectivity index (χ4v) is 6.60. The second-order valence-electron chi connectivity index (χ2n) is 15.3.